The van der Waals surface area contributed by atoms with Gasteiger partial charge in [-0.25, -0.2) is 0 Å². The number of carboxylic acid groups (broad SMARTS) is 3. The third-order valence-electron chi connectivity index (χ3n) is 2.02. The van der Waals surface area contributed by atoms with E-state index in [1.54, 1.807) is 36.4 Å². The molecule has 0 atom stereocenters. The van der Waals surface area contributed by atoms with Gasteiger partial charge in [0.15, 0.2) is 0 Å². The quantitative estimate of drug-likeness (QED) is 0.582. The minimum absolute atomic E-state index is 0. The summed E-state index contributed by atoms with van der Waals surface area (Å²) in [5.41, 5.74) is 0.440. The van der Waals surface area contributed by atoms with Gasteiger partial charge in [-0.1, -0.05) is 60.7 Å². The predicted molar refractivity (Wildman–Crippen MR) is 76.0 cm³/mol. The van der Waals surface area contributed by atoms with Crippen molar-refractivity contribution in [2.45, 2.75) is 0 Å². The first-order valence-electron chi connectivity index (χ1n) is 5.63. The van der Waals surface area contributed by atoms with Gasteiger partial charge < -0.3 is 24.9 Å². The predicted octanol–water partition coefficient (Wildman–Crippen LogP) is -0.580. The summed E-state index contributed by atoms with van der Waals surface area (Å²) in [6.07, 6.45) is 0. The van der Waals surface area contributed by atoms with Crippen molar-refractivity contribution in [2.75, 3.05) is 0 Å². The molecule has 0 bridgehead atoms. The van der Waals surface area contributed by atoms with Gasteiger partial charge in [-0.05, 0) is 11.1 Å². The first kappa shape index (κ1) is 22.4. The van der Waals surface area contributed by atoms with E-state index in [4.69, 9.17) is 9.90 Å². The molecule has 2 rings (SSSR count). The van der Waals surface area contributed by atoms with Crippen molar-refractivity contribution in [1.29, 1.82) is 0 Å². The number of hydrogen-bond acceptors (Lipinski definition) is 5. The molecule has 0 saturated carbocycles. The van der Waals surface area contributed by atoms with E-state index in [1.807, 2.05) is 0 Å². The van der Waals surface area contributed by atoms with Crippen molar-refractivity contribution in [3.8, 4) is 0 Å². The minimum atomic E-state index is -1.13. The van der Waals surface area contributed by atoms with Crippen molar-refractivity contribution in [3.05, 3.63) is 71.8 Å². The molecule has 0 aromatic heterocycles. The standard InChI is InChI=1S/2C7H6O2.CH2O2.Ca/c2*8-7(9)6-4-2-1-3-5-6;2-1-3;/h2*1-5H,(H,8,9);1H,(H,2,3);/q;;;+2/p-2. The Hall–Kier alpha value is -1.89. The van der Waals surface area contributed by atoms with Gasteiger partial charge in [0.05, 0.1) is 11.9 Å². The zero-order valence-corrected chi connectivity index (χ0v) is 13.8. The maximum atomic E-state index is 10.1. The molecule has 0 heterocycles. The molecule has 0 aliphatic carbocycles. The fourth-order valence-corrected chi connectivity index (χ4v) is 1.15. The molecule has 1 N–H and O–H groups in total. The van der Waals surface area contributed by atoms with E-state index in [0.717, 1.165) is 0 Å². The van der Waals surface area contributed by atoms with Crippen molar-refractivity contribution in [3.63, 3.8) is 0 Å². The van der Waals surface area contributed by atoms with Gasteiger partial charge in [0.2, 0.25) is 0 Å². The molecule has 22 heavy (non-hydrogen) atoms. The summed E-state index contributed by atoms with van der Waals surface area (Å²) in [6.45, 7) is -0.250. The molecule has 110 valence electrons. The van der Waals surface area contributed by atoms with Crippen LogP contribution in [-0.4, -0.2) is 61.3 Å². The smallest absolute Gasteiger partial charge is 0.545 e. The SMILES string of the molecule is O=C([O-])c1ccccc1.O=C([O-])c1ccccc1.O=CO.[Ca+2]. The molecule has 0 aliphatic rings. The van der Waals surface area contributed by atoms with Gasteiger partial charge in [0.25, 0.3) is 6.47 Å². The van der Waals surface area contributed by atoms with E-state index >= 15 is 0 Å². The summed E-state index contributed by atoms with van der Waals surface area (Å²) in [6, 6.07) is 16.1. The van der Waals surface area contributed by atoms with Crippen LogP contribution in [0.15, 0.2) is 60.7 Å². The van der Waals surface area contributed by atoms with Crippen molar-refractivity contribution < 1.29 is 29.7 Å². The fraction of sp³-hybridized carbons (Fsp3) is 0. The third-order valence-corrected chi connectivity index (χ3v) is 2.02. The largest absolute Gasteiger partial charge is 2.00 e. The molecule has 0 radical (unpaired) electrons. The fourth-order valence-electron chi connectivity index (χ4n) is 1.15. The number of carboxylic acids is 2. The Bertz CT molecular complexity index is 507. The number of carbonyl (C=O) groups is 3. The van der Waals surface area contributed by atoms with Gasteiger partial charge in [-0.2, -0.15) is 0 Å². The molecule has 7 heteroatoms. The van der Waals surface area contributed by atoms with Gasteiger partial charge in [0, 0.05) is 0 Å². The normalized spacial score (nSPS) is 7.82. The second-order valence-electron chi connectivity index (χ2n) is 3.41. The number of rotatable bonds is 2. The van der Waals surface area contributed by atoms with Crippen LogP contribution in [0.2, 0.25) is 0 Å². The second kappa shape index (κ2) is 14.1. The van der Waals surface area contributed by atoms with E-state index in [9.17, 15) is 19.8 Å². The Kier molecular flexibility index (Phi) is 14.3. The van der Waals surface area contributed by atoms with E-state index in [0.29, 0.717) is 0 Å². The molecule has 0 aliphatic heterocycles. The summed E-state index contributed by atoms with van der Waals surface area (Å²) in [7, 11) is 0. The molecule has 0 unspecified atom stereocenters. The Labute approximate surface area is 157 Å². The van der Waals surface area contributed by atoms with E-state index in [2.05, 4.69) is 0 Å². The molecule has 0 saturated heterocycles. The summed E-state index contributed by atoms with van der Waals surface area (Å²) < 4.78 is 0. The molecule has 6 nitrogen and oxygen atoms in total. The van der Waals surface area contributed by atoms with Crippen LogP contribution >= 0.6 is 0 Å². The van der Waals surface area contributed by atoms with Gasteiger partial charge in [-0.3, -0.25) is 4.79 Å². The minimum Gasteiger partial charge on any atom is -0.545 e. The summed E-state index contributed by atoms with van der Waals surface area (Å²) in [4.78, 5) is 28.5. The van der Waals surface area contributed by atoms with Gasteiger partial charge in [-0.15, -0.1) is 0 Å². The summed E-state index contributed by atoms with van der Waals surface area (Å²) >= 11 is 0. The Morgan fingerprint density at radius 1 is 0.773 bits per heavy atom. The van der Waals surface area contributed by atoms with Crippen LogP contribution in [0, 0.1) is 0 Å². The van der Waals surface area contributed by atoms with E-state index < -0.39 is 11.9 Å². The van der Waals surface area contributed by atoms with E-state index in [-0.39, 0.29) is 55.3 Å². The number of hydrogen-bond donors (Lipinski definition) is 1. The third kappa shape index (κ3) is 10.8. The number of carbonyl (C=O) groups excluding carboxylic acids is 2. The maximum Gasteiger partial charge on any atom is 2.00 e. The topological polar surface area (TPSA) is 118 Å². The van der Waals surface area contributed by atoms with Crippen LogP contribution in [0.3, 0.4) is 0 Å². The molecular formula is C15H12CaO6. The van der Waals surface area contributed by atoms with E-state index in [1.165, 1.54) is 24.3 Å². The van der Waals surface area contributed by atoms with Crippen LogP contribution in [0.5, 0.6) is 0 Å². The van der Waals surface area contributed by atoms with Gasteiger partial charge in [0.1, 0.15) is 0 Å². The molecule has 0 fully saturated rings. The van der Waals surface area contributed by atoms with Crippen LogP contribution in [-0.2, 0) is 4.79 Å². The van der Waals surface area contributed by atoms with Gasteiger partial charge >= 0.3 is 37.7 Å². The van der Waals surface area contributed by atoms with Crippen molar-refractivity contribution in [2.24, 2.45) is 0 Å². The average molecular weight is 328 g/mol. The monoisotopic (exact) mass is 328 g/mol. The van der Waals surface area contributed by atoms with Crippen LogP contribution < -0.4 is 10.2 Å². The zero-order chi connectivity index (χ0) is 16.1. The molecular weight excluding hydrogens is 316 g/mol. The molecule has 0 spiro atoms. The number of benzene rings is 2. The second-order valence-corrected chi connectivity index (χ2v) is 3.41. The Balaban J connectivity index is 0. The molecule has 2 aromatic carbocycles. The van der Waals surface area contributed by atoms with Crippen LogP contribution in [0.25, 0.3) is 0 Å². The number of aromatic carboxylic acids is 2. The zero-order valence-electron chi connectivity index (χ0n) is 11.5. The Morgan fingerprint density at radius 2 is 1.00 bits per heavy atom. The maximum absolute atomic E-state index is 10.1. The van der Waals surface area contributed by atoms with Crippen LogP contribution in [0.4, 0.5) is 0 Å². The van der Waals surface area contributed by atoms with Crippen molar-refractivity contribution in [1.82, 2.24) is 0 Å². The summed E-state index contributed by atoms with van der Waals surface area (Å²) in [5, 5.41) is 27.1. The Morgan fingerprint density at radius 3 is 1.14 bits per heavy atom. The first-order chi connectivity index (χ1) is 10.0. The van der Waals surface area contributed by atoms with Crippen LogP contribution in [0.1, 0.15) is 20.7 Å². The average Bonchev–Trinajstić information content (AvgIpc) is 2.50. The molecule has 2 aromatic rings. The summed E-state index contributed by atoms with van der Waals surface area (Å²) in [5.74, 6) is -2.26. The van der Waals surface area contributed by atoms with Crippen molar-refractivity contribution >= 4 is 56.1 Å². The molecule has 0 amide bonds. The first-order valence-corrected chi connectivity index (χ1v) is 5.63.